The highest BCUT2D eigenvalue weighted by molar-refractivity contribution is 5.94. The molecule has 2 aliphatic heterocycles. The van der Waals surface area contributed by atoms with Gasteiger partial charge in [0, 0.05) is 57.4 Å². The first-order valence-electron chi connectivity index (χ1n) is 13.7. The van der Waals surface area contributed by atoms with Crippen LogP contribution in [0, 0.1) is 6.92 Å². The number of amides is 2. The molecule has 1 aromatic carbocycles. The number of benzene rings is 1. The third-order valence-corrected chi connectivity index (χ3v) is 7.45. The van der Waals surface area contributed by atoms with E-state index in [0.29, 0.717) is 49.8 Å². The number of nitrogens with one attached hydrogen (secondary N) is 2. The van der Waals surface area contributed by atoms with Gasteiger partial charge in [0.15, 0.2) is 12.2 Å². The second-order valence-corrected chi connectivity index (χ2v) is 10.4. The third kappa shape index (κ3) is 6.60. The Bertz CT molecular complexity index is 1320. The van der Waals surface area contributed by atoms with E-state index in [1.165, 1.54) is 17.5 Å². The minimum atomic E-state index is -0.701. The van der Waals surface area contributed by atoms with Crippen LogP contribution in [-0.4, -0.2) is 81.6 Å². The maximum Gasteiger partial charge on any atom is 0.251 e. The number of nitrogens with zero attached hydrogens (tertiary/aromatic N) is 4. The van der Waals surface area contributed by atoms with Crippen molar-refractivity contribution in [1.82, 2.24) is 25.1 Å². The lowest BCUT2D eigenvalue weighted by Crippen LogP contribution is -2.56. The van der Waals surface area contributed by atoms with Crippen molar-refractivity contribution in [3.8, 4) is 5.75 Å². The smallest absolute Gasteiger partial charge is 0.251 e. The van der Waals surface area contributed by atoms with Gasteiger partial charge in [0.25, 0.3) is 5.91 Å². The number of carbonyl (C=O) groups excluding carboxylic acids is 2. The van der Waals surface area contributed by atoms with Crippen LogP contribution in [0.3, 0.4) is 0 Å². The molecule has 4 heterocycles. The summed E-state index contributed by atoms with van der Waals surface area (Å²) in [5.41, 5.74) is 4.09. The highest BCUT2D eigenvalue weighted by Crippen LogP contribution is 2.30. The largest absolute Gasteiger partial charge is 0.485 e. The molecule has 2 amide bonds. The number of rotatable bonds is 11. The molecule has 1 fully saturated rings. The van der Waals surface area contributed by atoms with Gasteiger partial charge in [-0.15, -0.1) is 0 Å². The Hall–Kier alpha value is -3.96. The Morgan fingerprint density at radius 3 is 2.90 bits per heavy atom. The fraction of sp³-hybridized carbons (Fsp3) is 0.448. The molecule has 40 heavy (non-hydrogen) atoms. The fourth-order valence-electron chi connectivity index (χ4n) is 5.18. The lowest BCUT2D eigenvalue weighted by molar-refractivity contribution is -0.134. The summed E-state index contributed by atoms with van der Waals surface area (Å²) in [5.74, 6) is 1.98. The van der Waals surface area contributed by atoms with Gasteiger partial charge in [0.2, 0.25) is 5.91 Å². The number of β-amino-alcohol motifs (C(OH)–C–C–N with tert-alkyl or cyclic N) is 1. The number of anilines is 1. The summed E-state index contributed by atoms with van der Waals surface area (Å²) in [5, 5.41) is 16.8. The maximum absolute atomic E-state index is 12.7. The van der Waals surface area contributed by atoms with Gasteiger partial charge in [-0.05, 0) is 48.2 Å². The monoisotopic (exact) mass is 548 g/mol. The highest BCUT2D eigenvalue weighted by Gasteiger charge is 2.29. The Balaban J connectivity index is 1.07. The number of ether oxygens (including phenoxy) is 1. The molecule has 2 aliphatic rings. The van der Waals surface area contributed by atoms with Crippen LogP contribution in [-0.2, 0) is 24.4 Å². The van der Waals surface area contributed by atoms with Crippen molar-refractivity contribution >= 4 is 17.6 Å². The summed E-state index contributed by atoms with van der Waals surface area (Å²) in [7, 11) is 0. The zero-order valence-corrected chi connectivity index (χ0v) is 22.9. The Kier molecular flexibility index (Phi) is 8.61. The van der Waals surface area contributed by atoms with E-state index in [2.05, 4.69) is 38.5 Å². The van der Waals surface area contributed by atoms with Gasteiger partial charge in [0.1, 0.15) is 18.2 Å². The SMILES string of the molecule is CCC(=O)N1CC(Nc2cc(C(=O)NCC(O)CN3CCc4c(ccc(OCc5cnco5)c4C)C3)ccn2)C1. The van der Waals surface area contributed by atoms with Crippen LogP contribution in [0.15, 0.2) is 47.5 Å². The van der Waals surface area contributed by atoms with Crippen LogP contribution < -0.4 is 15.4 Å². The van der Waals surface area contributed by atoms with E-state index in [9.17, 15) is 14.7 Å². The van der Waals surface area contributed by atoms with Crippen molar-refractivity contribution in [2.24, 2.45) is 0 Å². The molecule has 5 rings (SSSR count). The summed E-state index contributed by atoms with van der Waals surface area (Å²) >= 11 is 0. The average Bonchev–Trinajstić information content (AvgIpc) is 3.46. The molecule has 1 atom stereocenters. The van der Waals surface area contributed by atoms with Crippen molar-refractivity contribution in [2.75, 3.05) is 38.0 Å². The lowest BCUT2D eigenvalue weighted by atomic mass is 9.94. The number of aromatic nitrogens is 2. The number of likely N-dealkylation sites (tertiary alicyclic amines) is 1. The van der Waals surface area contributed by atoms with Crippen molar-refractivity contribution in [1.29, 1.82) is 0 Å². The predicted molar refractivity (Wildman–Crippen MR) is 148 cm³/mol. The van der Waals surface area contributed by atoms with Crippen molar-refractivity contribution in [2.45, 2.75) is 52.0 Å². The predicted octanol–water partition coefficient (Wildman–Crippen LogP) is 2.14. The lowest BCUT2D eigenvalue weighted by Gasteiger charge is -2.39. The van der Waals surface area contributed by atoms with E-state index in [-0.39, 0.29) is 24.4 Å². The molecule has 212 valence electrons. The number of carbonyl (C=O) groups is 2. The summed E-state index contributed by atoms with van der Waals surface area (Å²) in [6.45, 7) is 7.68. The van der Waals surface area contributed by atoms with E-state index in [1.807, 2.05) is 13.0 Å². The van der Waals surface area contributed by atoms with Gasteiger partial charge in [-0.3, -0.25) is 14.5 Å². The van der Waals surface area contributed by atoms with Crippen LogP contribution in [0.4, 0.5) is 5.82 Å². The molecule has 11 heteroatoms. The Morgan fingerprint density at radius 1 is 1.27 bits per heavy atom. The number of fused-ring (bicyclic) bond motifs is 1. The van der Waals surface area contributed by atoms with E-state index in [1.54, 1.807) is 29.4 Å². The second-order valence-electron chi connectivity index (χ2n) is 10.4. The van der Waals surface area contributed by atoms with Gasteiger partial charge in [-0.25, -0.2) is 9.97 Å². The van der Waals surface area contributed by atoms with Gasteiger partial charge in [0.05, 0.1) is 18.3 Å². The molecule has 0 bridgehead atoms. The molecule has 2 aromatic heterocycles. The molecular weight excluding hydrogens is 512 g/mol. The van der Waals surface area contributed by atoms with Crippen LogP contribution in [0.2, 0.25) is 0 Å². The number of aliphatic hydroxyl groups is 1. The molecule has 0 aliphatic carbocycles. The van der Waals surface area contributed by atoms with Gasteiger partial charge in [-0.2, -0.15) is 0 Å². The third-order valence-electron chi connectivity index (χ3n) is 7.45. The van der Waals surface area contributed by atoms with Gasteiger partial charge in [-0.1, -0.05) is 13.0 Å². The number of oxazole rings is 1. The highest BCUT2D eigenvalue weighted by atomic mass is 16.5. The van der Waals surface area contributed by atoms with E-state index in [0.717, 1.165) is 30.8 Å². The van der Waals surface area contributed by atoms with Crippen molar-refractivity contribution in [3.05, 3.63) is 71.1 Å². The molecule has 11 nitrogen and oxygen atoms in total. The first-order valence-corrected chi connectivity index (χ1v) is 13.7. The summed E-state index contributed by atoms with van der Waals surface area (Å²) in [6, 6.07) is 7.53. The first kappa shape index (κ1) is 27.6. The minimum Gasteiger partial charge on any atom is -0.485 e. The molecule has 1 saturated heterocycles. The van der Waals surface area contributed by atoms with Gasteiger partial charge < -0.3 is 29.8 Å². The molecular formula is C29H36N6O5. The van der Waals surface area contributed by atoms with Crippen molar-refractivity contribution < 1.29 is 23.8 Å². The number of aliphatic hydroxyl groups excluding tert-OH is 1. The summed E-state index contributed by atoms with van der Waals surface area (Å²) in [6.07, 6.45) is 5.28. The summed E-state index contributed by atoms with van der Waals surface area (Å²) < 4.78 is 11.2. The topological polar surface area (TPSA) is 133 Å². The summed E-state index contributed by atoms with van der Waals surface area (Å²) in [4.78, 5) is 36.7. The standard InChI is InChI=1S/C29H36N6O5/c1-3-28(37)35-14-22(15-35)33-27-10-20(6-8-31-27)29(38)32-11-23(36)16-34-9-7-25-19(2)26(5-4-21(25)13-34)39-17-24-12-30-18-40-24/h4-6,8,10,12,18,22-23,36H,3,7,9,11,13-17H2,1-2H3,(H,31,33)(H,32,38). The molecule has 3 aromatic rings. The van der Waals surface area contributed by atoms with Crippen LogP contribution in [0.5, 0.6) is 5.75 Å². The van der Waals surface area contributed by atoms with Crippen LogP contribution >= 0.6 is 0 Å². The Morgan fingerprint density at radius 2 is 2.12 bits per heavy atom. The van der Waals surface area contributed by atoms with E-state index < -0.39 is 6.10 Å². The minimum absolute atomic E-state index is 0.125. The van der Waals surface area contributed by atoms with E-state index in [4.69, 9.17) is 9.15 Å². The quantitative estimate of drug-likeness (QED) is 0.330. The van der Waals surface area contributed by atoms with Crippen LogP contribution in [0.25, 0.3) is 0 Å². The molecule has 0 spiro atoms. The zero-order chi connectivity index (χ0) is 28.1. The maximum atomic E-state index is 12.7. The fourth-order valence-corrected chi connectivity index (χ4v) is 5.18. The van der Waals surface area contributed by atoms with Crippen LogP contribution in [0.1, 0.15) is 46.2 Å². The second kappa shape index (κ2) is 12.5. The van der Waals surface area contributed by atoms with E-state index >= 15 is 0 Å². The molecule has 0 radical (unpaired) electrons. The van der Waals surface area contributed by atoms with Crippen molar-refractivity contribution in [3.63, 3.8) is 0 Å². The van der Waals surface area contributed by atoms with Gasteiger partial charge >= 0.3 is 0 Å². The molecule has 0 saturated carbocycles. The number of hydrogen-bond donors (Lipinski definition) is 3. The first-order chi connectivity index (χ1) is 19.4. The molecule has 3 N–H and O–H groups in total. The normalized spacial score (nSPS) is 16.1. The number of pyridine rings is 1. The number of hydrogen-bond acceptors (Lipinski definition) is 9. The molecule has 1 unspecified atom stereocenters. The Labute approximate surface area is 233 Å². The average molecular weight is 549 g/mol. The zero-order valence-electron chi connectivity index (χ0n) is 22.9.